The second-order valence-corrected chi connectivity index (χ2v) is 5.18. The van der Waals surface area contributed by atoms with Gasteiger partial charge in [-0.1, -0.05) is 12.1 Å². The van der Waals surface area contributed by atoms with Gasteiger partial charge < -0.3 is 20.5 Å². The molecule has 1 atom stereocenters. The molecule has 0 aromatic heterocycles. The molecule has 1 heterocycles. The van der Waals surface area contributed by atoms with Crippen molar-refractivity contribution < 1.29 is 19.6 Å². The monoisotopic (exact) mass is 336 g/mol. The molecule has 0 spiro atoms. The molecular weight excluding hydrogens is 322 g/mol. The van der Waals surface area contributed by atoms with E-state index in [1.165, 1.54) is 6.07 Å². The van der Waals surface area contributed by atoms with Crippen molar-refractivity contribution in [2.45, 2.75) is 19.9 Å². The lowest BCUT2D eigenvalue weighted by Gasteiger charge is -2.30. The number of nitrogens with zero attached hydrogens (tertiary/aromatic N) is 1. The van der Waals surface area contributed by atoms with Crippen molar-refractivity contribution in [1.82, 2.24) is 10.6 Å². The van der Waals surface area contributed by atoms with Crippen LogP contribution >= 0.6 is 12.2 Å². The van der Waals surface area contributed by atoms with E-state index in [0.29, 0.717) is 11.3 Å². The van der Waals surface area contributed by atoms with Crippen molar-refractivity contribution in [2.24, 2.45) is 0 Å². The van der Waals surface area contributed by atoms with Gasteiger partial charge in [0, 0.05) is 11.8 Å². The number of nitro groups is 1. The number of nitro benzene ring substituents is 1. The van der Waals surface area contributed by atoms with Crippen molar-refractivity contribution >= 4 is 29.0 Å². The van der Waals surface area contributed by atoms with Crippen molar-refractivity contribution in [2.75, 3.05) is 6.61 Å². The molecule has 2 rings (SSSR count). The van der Waals surface area contributed by atoms with E-state index >= 15 is 0 Å². The van der Waals surface area contributed by atoms with Gasteiger partial charge in [0.05, 0.1) is 23.1 Å². The number of benzene rings is 1. The van der Waals surface area contributed by atoms with Crippen LogP contribution in [-0.2, 0) is 9.53 Å². The number of carbonyl (C=O) groups is 1. The average Bonchev–Trinajstić information content (AvgIpc) is 2.46. The summed E-state index contributed by atoms with van der Waals surface area (Å²) in [5, 5.41) is 28.5. The second-order valence-electron chi connectivity index (χ2n) is 4.77. The predicted molar refractivity (Wildman–Crippen MR) is 83.5 cm³/mol. The van der Waals surface area contributed by atoms with Crippen LogP contribution in [0.1, 0.15) is 25.5 Å². The Hall–Kier alpha value is -2.68. The fraction of sp³-hybridized carbons (Fsp3) is 0.286. The summed E-state index contributed by atoms with van der Waals surface area (Å²) in [5.41, 5.74) is 0.566. The van der Waals surface area contributed by atoms with Crippen molar-refractivity contribution in [1.29, 1.82) is 0 Å². The summed E-state index contributed by atoms with van der Waals surface area (Å²) in [7, 11) is 0. The Balaban J connectivity index is 2.52. The zero-order chi connectivity index (χ0) is 17.1. The normalized spacial score (nSPS) is 17.3. The molecule has 1 aromatic rings. The molecule has 0 aliphatic carbocycles. The summed E-state index contributed by atoms with van der Waals surface area (Å²) in [6.07, 6.45) is 0. The fourth-order valence-electron chi connectivity index (χ4n) is 2.28. The van der Waals surface area contributed by atoms with Gasteiger partial charge >= 0.3 is 5.97 Å². The highest BCUT2D eigenvalue weighted by molar-refractivity contribution is 7.80. The minimum Gasteiger partial charge on any atom is -0.868 e. The molecule has 23 heavy (non-hydrogen) atoms. The SMILES string of the molecule is CCOC(=O)C1=C(C)NC(=S)N[C@H]1c1ccc([O-])c([N+](=O)[O-])c1. The van der Waals surface area contributed by atoms with E-state index in [4.69, 9.17) is 17.0 Å². The van der Waals surface area contributed by atoms with Crippen LogP contribution in [-0.4, -0.2) is 22.6 Å². The Bertz CT molecular complexity index is 716. The van der Waals surface area contributed by atoms with Gasteiger partial charge in [0.2, 0.25) is 0 Å². The van der Waals surface area contributed by atoms with Crippen LogP contribution in [0.15, 0.2) is 29.5 Å². The molecular formula is C14H14N3O5S-. The number of thiocarbonyl (C=S) groups is 1. The number of nitrogens with one attached hydrogen (secondary N) is 2. The lowest BCUT2D eigenvalue weighted by molar-refractivity contribution is -0.398. The molecule has 0 unspecified atom stereocenters. The molecule has 0 amide bonds. The first kappa shape index (κ1) is 16.7. The fourth-order valence-corrected chi connectivity index (χ4v) is 2.55. The molecule has 0 saturated heterocycles. The molecule has 2 N–H and O–H groups in total. The van der Waals surface area contributed by atoms with Crippen molar-refractivity contribution in [3.63, 3.8) is 0 Å². The first-order valence-electron chi connectivity index (χ1n) is 6.76. The summed E-state index contributed by atoms with van der Waals surface area (Å²) >= 11 is 5.07. The van der Waals surface area contributed by atoms with Gasteiger partial charge in [-0.3, -0.25) is 10.1 Å². The quantitative estimate of drug-likeness (QED) is 0.362. The molecule has 8 nitrogen and oxygen atoms in total. The van der Waals surface area contributed by atoms with E-state index in [9.17, 15) is 20.0 Å². The highest BCUT2D eigenvalue weighted by Crippen LogP contribution is 2.32. The maximum atomic E-state index is 12.2. The molecule has 0 fully saturated rings. The van der Waals surface area contributed by atoms with Crippen molar-refractivity contribution in [3.05, 3.63) is 45.1 Å². The Morgan fingerprint density at radius 1 is 1.48 bits per heavy atom. The molecule has 0 saturated carbocycles. The number of allylic oxidation sites excluding steroid dienone is 1. The third-order valence-electron chi connectivity index (χ3n) is 3.28. The number of esters is 1. The minimum absolute atomic E-state index is 0.187. The predicted octanol–water partition coefficient (Wildman–Crippen LogP) is 1.02. The lowest BCUT2D eigenvalue weighted by Crippen LogP contribution is -2.45. The second kappa shape index (κ2) is 6.61. The van der Waals surface area contributed by atoms with E-state index < -0.39 is 28.4 Å². The van der Waals surface area contributed by atoms with Crippen molar-refractivity contribution in [3.8, 4) is 5.75 Å². The Labute approximate surface area is 137 Å². The van der Waals surface area contributed by atoms with E-state index in [0.717, 1.165) is 12.1 Å². The number of hydrogen-bond donors (Lipinski definition) is 2. The molecule has 1 aliphatic heterocycles. The maximum absolute atomic E-state index is 12.2. The van der Waals surface area contributed by atoms with E-state index in [1.807, 2.05) is 0 Å². The van der Waals surface area contributed by atoms with Crippen LogP contribution in [0, 0.1) is 10.1 Å². The van der Waals surface area contributed by atoms with Crippen LogP contribution in [0.25, 0.3) is 0 Å². The minimum atomic E-state index is -0.758. The molecule has 0 radical (unpaired) electrons. The van der Waals surface area contributed by atoms with Gasteiger partial charge in [-0.2, -0.15) is 0 Å². The number of hydrogen-bond acceptors (Lipinski definition) is 6. The molecule has 0 bridgehead atoms. The Morgan fingerprint density at radius 3 is 2.78 bits per heavy atom. The highest BCUT2D eigenvalue weighted by atomic mass is 32.1. The molecule has 1 aromatic carbocycles. The first-order chi connectivity index (χ1) is 10.8. The van der Waals surface area contributed by atoms with E-state index in [1.54, 1.807) is 13.8 Å². The largest absolute Gasteiger partial charge is 0.868 e. The smallest absolute Gasteiger partial charge is 0.338 e. The standard InChI is InChI=1S/C14H15N3O5S/c1-3-22-13(19)11-7(2)15-14(23)16-12(11)8-4-5-10(18)9(6-8)17(20)21/h4-6,12,18H,3H2,1-2H3,(H2,15,16,23)/p-1/t12-/m0/s1. The number of carbonyl (C=O) groups excluding carboxylic acids is 1. The summed E-state index contributed by atoms with van der Waals surface area (Å²) in [6, 6.07) is 2.92. The van der Waals surface area contributed by atoms with Crippen LogP contribution in [0.3, 0.4) is 0 Å². The van der Waals surface area contributed by atoms with Gasteiger partial charge in [-0.05, 0) is 37.4 Å². The maximum Gasteiger partial charge on any atom is 0.338 e. The van der Waals surface area contributed by atoms with Gasteiger partial charge in [-0.25, -0.2) is 4.79 Å². The van der Waals surface area contributed by atoms with Gasteiger partial charge in [-0.15, -0.1) is 0 Å². The summed E-state index contributed by atoms with van der Waals surface area (Å²) in [4.78, 5) is 22.4. The topological polar surface area (TPSA) is 117 Å². The first-order valence-corrected chi connectivity index (χ1v) is 7.16. The molecule has 1 aliphatic rings. The Kier molecular flexibility index (Phi) is 4.80. The van der Waals surface area contributed by atoms with E-state index in [-0.39, 0.29) is 17.3 Å². The van der Waals surface area contributed by atoms with Crippen LogP contribution < -0.4 is 15.7 Å². The molecule has 9 heteroatoms. The third kappa shape index (κ3) is 3.39. The zero-order valence-electron chi connectivity index (χ0n) is 12.4. The zero-order valence-corrected chi connectivity index (χ0v) is 13.2. The average molecular weight is 336 g/mol. The van der Waals surface area contributed by atoms with Gasteiger partial charge in [0.25, 0.3) is 5.69 Å². The van der Waals surface area contributed by atoms with Gasteiger partial charge in [0.1, 0.15) is 0 Å². The van der Waals surface area contributed by atoms with Crippen LogP contribution in [0.5, 0.6) is 5.75 Å². The summed E-state index contributed by atoms with van der Waals surface area (Å²) in [6.45, 7) is 3.52. The number of rotatable bonds is 4. The lowest BCUT2D eigenvalue weighted by atomic mass is 9.95. The summed E-state index contributed by atoms with van der Waals surface area (Å²) in [5.74, 6) is -1.26. The van der Waals surface area contributed by atoms with Crippen LogP contribution in [0.4, 0.5) is 5.69 Å². The number of ether oxygens (including phenoxy) is 1. The third-order valence-corrected chi connectivity index (χ3v) is 3.50. The van der Waals surface area contributed by atoms with E-state index in [2.05, 4.69) is 10.6 Å². The molecule has 122 valence electrons. The summed E-state index contributed by atoms with van der Waals surface area (Å²) < 4.78 is 5.02. The van der Waals surface area contributed by atoms with Gasteiger partial charge in [0.15, 0.2) is 5.11 Å². The Morgan fingerprint density at radius 2 is 2.17 bits per heavy atom. The van der Waals surface area contributed by atoms with Crippen LogP contribution in [0.2, 0.25) is 0 Å². The highest BCUT2D eigenvalue weighted by Gasteiger charge is 2.31.